The normalized spacial score (nSPS) is 24.1. The fourth-order valence-corrected chi connectivity index (χ4v) is 5.11. The highest BCUT2D eigenvalue weighted by Gasteiger charge is 2.48. The Labute approximate surface area is 111 Å². The molecular weight excluding hydrogens is 244 g/mol. The first-order valence-electron chi connectivity index (χ1n) is 6.41. The molecule has 0 bridgehead atoms. The van der Waals surface area contributed by atoms with E-state index >= 15 is 0 Å². The zero-order chi connectivity index (χ0) is 14.0. The van der Waals surface area contributed by atoms with Gasteiger partial charge in [0.2, 0.25) is 0 Å². The van der Waals surface area contributed by atoms with Gasteiger partial charge >= 0.3 is 5.97 Å². The first-order chi connectivity index (χ1) is 8.28. The van der Waals surface area contributed by atoms with Crippen molar-refractivity contribution in [3.8, 4) is 0 Å². The van der Waals surface area contributed by atoms with E-state index in [-0.39, 0.29) is 5.97 Å². The summed E-state index contributed by atoms with van der Waals surface area (Å²) in [6, 6.07) is 0. The minimum Gasteiger partial charge on any atom is -0.500 e. The summed E-state index contributed by atoms with van der Waals surface area (Å²) in [5.41, 5.74) is -0.743. The predicted molar refractivity (Wildman–Crippen MR) is 75.9 cm³/mol. The van der Waals surface area contributed by atoms with Crippen LogP contribution in [0.2, 0.25) is 19.6 Å². The van der Waals surface area contributed by atoms with E-state index in [1.807, 2.05) is 19.9 Å². The zero-order valence-corrected chi connectivity index (χ0v) is 13.3. The van der Waals surface area contributed by atoms with E-state index in [1.165, 1.54) is 5.20 Å². The van der Waals surface area contributed by atoms with Crippen LogP contribution in [0.15, 0.2) is 23.1 Å². The summed E-state index contributed by atoms with van der Waals surface area (Å²) in [4.78, 5) is 12.4. The summed E-state index contributed by atoms with van der Waals surface area (Å²) in [5, 5.41) is 1.20. The van der Waals surface area contributed by atoms with Crippen molar-refractivity contribution in [3.05, 3.63) is 23.1 Å². The number of esters is 1. The van der Waals surface area contributed by atoms with Crippen LogP contribution in [-0.2, 0) is 14.3 Å². The fourth-order valence-electron chi connectivity index (χ4n) is 2.65. The Kier molecular flexibility index (Phi) is 4.43. The molecule has 4 heteroatoms. The van der Waals surface area contributed by atoms with E-state index < -0.39 is 13.5 Å². The largest absolute Gasteiger partial charge is 0.500 e. The number of carbonyl (C=O) groups is 1. The average Bonchev–Trinajstić information content (AvgIpc) is 2.28. The molecule has 0 fully saturated rings. The van der Waals surface area contributed by atoms with Crippen LogP contribution in [0, 0.1) is 5.41 Å². The molecule has 1 aliphatic rings. The van der Waals surface area contributed by atoms with Gasteiger partial charge in [0.1, 0.15) is 11.2 Å². The van der Waals surface area contributed by atoms with Crippen molar-refractivity contribution in [2.45, 2.75) is 39.9 Å². The highest BCUT2D eigenvalue weighted by atomic mass is 28.3. The standard InChI is InChI=1S/C14H24O3Si/c1-7-17-13(15)14(2)11(16-3)9-8-10-12(14)18(4,5)6/h9-10H,7-8H2,1-6H3. The number of hydrogen-bond acceptors (Lipinski definition) is 3. The highest BCUT2D eigenvalue weighted by Crippen LogP contribution is 2.44. The Morgan fingerprint density at radius 1 is 1.39 bits per heavy atom. The second-order valence-corrected chi connectivity index (χ2v) is 10.8. The first-order valence-corrected chi connectivity index (χ1v) is 9.91. The van der Waals surface area contributed by atoms with Crippen LogP contribution in [0.4, 0.5) is 0 Å². The van der Waals surface area contributed by atoms with Crippen LogP contribution in [-0.4, -0.2) is 27.8 Å². The Morgan fingerprint density at radius 2 is 2.00 bits per heavy atom. The Bertz CT molecular complexity index is 390. The molecule has 0 radical (unpaired) electrons. The lowest BCUT2D eigenvalue weighted by Crippen LogP contribution is -2.44. The summed E-state index contributed by atoms with van der Waals surface area (Å²) in [6.45, 7) is 10.9. The van der Waals surface area contributed by atoms with Gasteiger partial charge in [-0.1, -0.05) is 30.9 Å². The van der Waals surface area contributed by atoms with Gasteiger partial charge in [0.25, 0.3) is 0 Å². The van der Waals surface area contributed by atoms with Gasteiger partial charge < -0.3 is 9.47 Å². The molecule has 0 N–H and O–H groups in total. The van der Waals surface area contributed by atoms with Crippen molar-refractivity contribution >= 4 is 14.0 Å². The second-order valence-electron chi connectivity index (χ2n) is 5.72. The lowest BCUT2D eigenvalue weighted by Gasteiger charge is -2.39. The van der Waals surface area contributed by atoms with Gasteiger partial charge in [0, 0.05) is 0 Å². The Hall–Kier alpha value is -1.03. The van der Waals surface area contributed by atoms with E-state index in [2.05, 4.69) is 25.7 Å². The predicted octanol–water partition coefficient (Wildman–Crippen LogP) is 3.29. The average molecular weight is 268 g/mol. The molecule has 18 heavy (non-hydrogen) atoms. The van der Waals surface area contributed by atoms with Crippen molar-refractivity contribution in [2.24, 2.45) is 5.41 Å². The first kappa shape index (κ1) is 15.0. The maximum absolute atomic E-state index is 12.4. The van der Waals surface area contributed by atoms with Gasteiger partial charge in [0.15, 0.2) is 0 Å². The van der Waals surface area contributed by atoms with Crippen molar-refractivity contribution in [1.82, 2.24) is 0 Å². The quantitative estimate of drug-likeness (QED) is 0.580. The third-order valence-corrected chi connectivity index (χ3v) is 5.69. The van der Waals surface area contributed by atoms with Gasteiger partial charge in [0.05, 0.1) is 21.8 Å². The number of hydrogen-bond donors (Lipinski definition) is 0. The van der Waals surface area contributed by atoms with Gasteiger partial charge in [-0.05, 0) is 26.3 Å². The summed E-state index contributed by atoms with van der Waals surface area (Å²) in [6.07, 6.45) is 4.98. The Morgan fingerprint density at radius 3 is 2.44 bits per heavy atom. The van der Waals surface area contributed by atoms with Crippen molar-refractivity contribution in [3.63, 3.8) is 0 Å². The van der Waals surface area contributed by atoms with E-state index in [9.17, 15) is 4.79 Å². The number of allylic oxidation sites excluding steroid dienone is 2. The topological polar surface area (TPSA) is 35.5 Å². The van der Waals surface area contributed by atoms with Crippen molar-refractivity contribution in [1.29, 1.82) is 0 Å². The van der Waals surface area contributed by atoms with E-state index in [0.29, 0.717) is 6.61 Å². The van der Waals surface area contributed by atoms with Crippen LogP contribution in [0.1, 0.15) is 20.3 Å². The second kappa shape index (κ2) is 5.30. The van der Waals surface area contributed by atoms with E-state index in [4.69, 9.17) is 9.47 Å². The van der Waals surface area contributed by atoms with E-state index in [0.717, 1.165) is 12.2 Å². The van der Waals surface area contributed by atoms with E-state index in [1.54, 1.807) is 7.11 Å². The lowest BCUT2D eigenvalue weighted by atomic mass is 9.83. The molecule has 0 aromatic heterocycles. The van der Waals surface area contributed by atoms with Crippen molar-refractivity contribution < 1.29 is 14.3 Å². The number of ether oxygens (including phenoxy) is 2. The highest BCUT2D eigenvalue weighted by molar-refractivity contribution is 6.83. The van der Waals surface area contributed by atoms with Crippen molar-refractivity contribution in [2.75, 3.05) is 13.7 Å². The molecule has 102 valence electrons. The molecule has 0 aromatic carbocycles. The van der Waals surface area contributed by atoms with Gasteiger partial charge in [-0.15, -0.1) is 0 Å². The van der Waals surface area contributed by atoms with Crippen LogP contribution in [0.25, 0.3) is 0 Å². The van der Waals surface area contributed by atoms with Crippen LogP contribution >= 0.6 is 0 Å². The smallest absolute Gasteiger partial charge is 0.323 e. The lowest BCUT2D eigenvalue weighted by molar-refractivity contribution is -0.151. The van der Waals surface area contributed by atoms with Crippen LogP contribution in [0.3, 0.4) is 0 Å². The van der Waals surface area contributed by atoms with Crippen LogP contribution < -0.4 is 0 Å². The molecule has 0 spiro atoms. The monoisotopic (exact) mass is 268 g/mol. The Balaban J connectivity index is 3.27. The summed E-state index contributed by atoms with van der Waals surface area (Å²) in [7, 11) is 0.0193. The number of methoxy groups -OCH3 is 1. The number of rotatable bonds is 4. The molecule has 3 nitrogen and oxygen atoms in total. The number of carbonyl (C=O) groups excluding carboxylic acids is 1. The van der Waals surface area contributed by atoms with Crippen LogP contribution in [0.5, 0.6) is 0 Å². The fraction of sp³-hybridized carbons (Fsp3) is 0.643. The molecule has 0 aliphatic heterocycles. The molecule has 1 atom stereocenters. The molecule has 0 heterocycles. The molecule has 0 saturated carbocycles. The maximum Gasteiger partial charge on any atom is 0.323 e. The molecular formula is C14H24O3Si. The zero-order valence-electron chi connectivity index (χ0n) is 12.3. The molecule has 1 unspecified atom stereocenters. The summed E-state index contributed by atoms with van der Waals surface area (Å²) < 4.78 is 10.7. The summed E-state index contributed by atoms with van der Waals surface area (Å²) in [5.74, 6) is 0.521. The maximum atomic E-state index is 12.4. The van der Waals surface area contributed by atoms with Gasteiger partial charge in [-0.2, -0.15) is 0 Å². The third-order valence-electron chi connectivity index (χ3n) is 3.37. The summed E-state index contributed by atoms with van der Waals surface area (Å²) >= 11 is 0. The molecule has 0 aromatic rings. The molecule has 0 saturated heterocycles. The molecule has 1 aliphatic carbocycles. The van der Waals surface area contributed by atoms with Gasteiger partial charge in [-0.25, -0.2) is 0 Å². The third kappa shape index (κ3) is 2.53. The SMILES string of the molecule is CCOC(=O)C1(C)C(OC)=CCC=C1[Si](C)(C)C. The minimum atomic E-state index is -1.60. The minimum absolute atomic E-state index is 0.202. The van der Waals surface area contributed by atoms with Gasteiger partial charge in [-0.3, -0.25) is 4.79 Å². The molecule has 0 amide bonds. The molecule has 1 rings (SSSR count).